The van der Waals surface area contributed by atoms with Gasteiger partial charge in [-0.2, -0.15) is 13.2 Å². The fourth-order valence-corrected chi connectivity index (χ4v) is 2.84. The van der Waals surface area contributed by atoms with E-state index in [9.17, 15) is 18.0 Å². The van der Waals surface area contributed by atoms with Gasteiger partial charge in [0.15, 0.2) is 0 Å². The van der Waals surface area contributed by atoms with E-state index in [0.717, 1.165) is 17.7 Å². The molecule has 2 aromatic rings. The predicted molar refractivity (Wildman–Crippen MR) is 96.8 cm³/mol. The van der Waals surface area contributed by atoms with E-state index in [2.05, 4.69) is 5.32 Å². The van der Waals surface area contributed by atoms with Gasteiger partial charge in [0.2, 0.25) is 5.91 Å². The summed E-state index contributed by atoms with van der Waals surface area (Å²) in [5.41, 5.74) is 5.36. The first-order valence-electron chi connectivity index (χ1n) is 8.85. The lowest BCUT2D eigenvalue weighted by molar-refractivity contribution is -0.137. The van der Waals surface area contributed by atoms with Crippen molar-refractivity contribution in [3.05, 3.63) is 59.7 Å². The molecule has 0 atom stereocenters. The molecule has 1 heterocycles. The van der Waals surface area contributed by atoms with Crippen molar-refractivity contribution < 1.29 is 27.4 Å². The molecule has 1 fully saturated rings. The Kier molecular flexibility index (Phi) is 5.90. The maximum absolute atomic E-state index is 12.6. The molecule has 1 amide bonds. The number of ether oxygens (including phenoxy) is 2. The minimum absolute atomic E-state index is 0.208. The Labute approximate surface area is 160 Å². The van der Waals surface area contributed by atoms with E-state index < -0.39 is 17.3 Å². The number of alkyl halides is 3. The maximum atomic E-state index is 12.6. The van der Waals surface area contributed by atoms with E-state index >= 15 is 0 Å². The molecule has 150 valence electrons. The van der Waals surface area contributed by atoms with E-state index in [-0.39, 0.29) is 5.91 Å². The van der Waals surface area contributed by atoms with Gasteiger partial charge in [-0.25, -0.2) is 0 Å². The van der Waals surface area contributed by atoms with Gasteiger partial charge in [-0.15, -0.1) is 0 Å². The standard InChI is InChI=1S/C20H21F3N2O3/c21-20(22,23)15-3-7-17(8-4-15)28-16-5-1-14(2-6-16)13-25-18(26)19(24)9-11-27-12-10-19/h1-8H,9-13,24H2,(H,25,26). The molecule has 0 aliphatic carbocycles. The zero-order valence-corrected chi connectivity index (χ0v) is 15.1. The van der Waals surface area contributed by atoms with Crippen LogP contribution in [0.1, 0.15) is 24.0 Å². The van der Waals surface area contributed by atoms with E-state index in [1.54, 1.807) is 24.3 Å². The number of carbonyl (C=O) groups excluding carboxylic acids is 1. The van der Waals surface area contributed by atoms with Gasteiger partial charge in [-0.1, -0.05) is 12.1 Å². The Morgan fingerprint density at radius 3 is 2.11 bits per heavy atom. The van der Waals surface area contributed by atoms with Crippen LogP contribution < -0.4 is 15.8 Å². The van der Waals surface area contributed by atoms with Crippen molar-refractivity contribution in [3.63, 3.8) is 0 Å². The van der Waals surface area contributed by atoms with Crippen LogP contribution in [0, 0.1) is 0 Å². The van der Waals surface area contributed by atoms with Crippen LogP contribution in [0.4, 0.5) is 13.2 Å². The summed E-state index contributed by atoms with van der Waals surface area (Å²) in [6, 6.07) is 11.4. The summed E-state index contributed by atoms with van der Waals surface area (Å²) in [5.74, 6) is 0.578. The molecule has 5 nitrogen and oxygen atoms in total. The van der Waals surface area contributed by atoms with Crippen molar-refractivity contribution in [2.45, 2.75) is 31.1 Å². The van der Waals surface area contributed by atoms with Crippen molar-refractivity contribution in [2.75, 3.05) is 13.2 Å². The molecule has 0 saturated carbocycles. The minimum atomic E-state index is -4.38. The molecule has 28 heavy (non-hydrogen) atoms. The van der Waals surface area contributed by atoms with E-state index in [0.29, 0.717) is 44.1 Å². The molecule has 3 N–H and O–H groups in total. The summed E-state index contributed by atoms with van der Waals surface area (Å²) in [7, 11) is 0. The molecular weight excluding hydrogens is 373 g/mol. The Morgan fingerprint density at radius 1 is 1.04 bits per heavy atom. The monoisotopic (exact) mass is 394 g/mol. The van der Waals surface area contributed by atoms with Crippen molar-refractivity contribution in [2.24, 2.45) is 5.73 Å². The largest absolute Gasteiger partial charge is 0.457 e. The van der Waals surface area contributed by atoms with Gasteiger partial charge in [0.1, 0.15) is 11.5 Å². The van der Waals surface area contributed by atoms with Gasteiger partial charge < -0.3 is 20.5 Å². The summed E-state index contributed by atoms with van der Waals surface area (Å²) in [6.45, 7) is 1.26. The summed E-state index contributed by atoms with van der Waals surface area (Å²) in [6.07, 6.45) is -3.41. The second kappa shape index (κ2) is 8.20. The molecule has 3 rings (SSSR count). The molecule has 0 unspecified atom stereocenters. The molecule has 1 saturated heterocycles. The number of halogens is 3. The zero-order chi connectivity index (χ0) is 20.2. The van der Waals surface area contributed by atoms with Gasteiger partial charge in [0.05, 0.1) is 11.1 Å². The quantitative estimate of drug-likeness (QED) is 0.812. The number of amides is 1. The highest BCUT2D eigenvalue weighted by atomic mass is 19.4. The molecule has 2 aromatic carbocycles. The van der Waals surface area contributed by atoms with Crippen LogP contribution >= 0.6 is 0 Å². The molecule has 1 aliphatic rings. The first kappa shape index (κ1) is 20.2. The summed E-state index contributed by atoms with van der Waals surface area (Å²) in [5, 5.41) is 2.83. The Hall–Kier alpha value is -2.58. The average Bonchev–Trinajstić information content (AvgIpc) is 2.67. The highest BCUT2D eigenvalue weighted by Crippen LogP contribution is 2.31. The van der Waals surface area contributed by atoms with Gasteiger partial charge in [-0.3, -0.25) is 4.79 Å². The SMILES string of the molecule is NC1(C(=O)NCc2ccc(Oc3ccc(C(F)(F)F)cc3)cc2)CCOCC1. The number of benzene rings is 2. The molecule has 8 heteroatoms. The van der Waals surface area contributed by atoms with E-state index in [1.807, 2.05) is 0 Å². The summed E-state index contributed by atoms with van der Waals surface area (Å²) >= 11 is 0. The van der Waals surface area contributed by atoms with E-state index in [1.165, 1.54) is 12.1 Å². The first-order valence-corrected chi connectivity index (χ1v) is 8.85. The van der Waals surface area contributed by atoms with Crippen molar-refractivity contribution in [1.29, 1.82) is 0 Å². The predicted octanol–water partition coefficient (Wildman–Crippen LogP) is 3.62. The maximum Gasteiger partial charge on any atom is 0.416 e. The highest BCUT2D eigenvalue weighted by Gasteiger charge is 2.35. The van der Waals surface area contributed by atoms with Gasteiger partial charge in [0, 0.05) is 19.8 Å². The molecule has 0 radical (unpaired) electrons. The van der Waals surface area contributed by atoms with Crippen molar-refractivity contribution in [3.8, 4) is 11.5 Å². The normalized spacial score (nSPS) is 16.4. The first-order chi connectivity index (χ1) is 13.3. The molecular formula is C20H21F3N2O3. The lowest BCUT2D eigenvalue weighted by Gasteiger charge is -2.31. The Morgan fingerprint density at radius 2 is 1.57 bits per heavy atom. The molecule has 1 aliphatic heterocycles. The zero-order valence-electron chi connectivity index (χ0n) is 15.1. The minimum Gasteiger partial charge on any atom is -0.457 e. The molecule has 0 bridgehead atoms. The van der Waals surface area contributed by atoms with E-state index in [4.69, 9.17) is 15.2 Å². The number of hydrogen-bond donors (Lipinski definition) is 2. The average molecular weight is 394 g/mol. The Bertz CT molecular complexity index is 799. The van der Waals surface area contributed by atoms with Crippen LogP contribution in [0.5, 0.6) is 11.5 Å². The lowest BCUT2D eigenvalue weighted by Crippen LogP contribution is -2.56. The molecule has 0 spiro atoms. The van der Waals surface area contributed by atoms with Crippen LogP contribution in [-0.2, 0) is 22.3 Å². The fraction of sp³-hybridized carbons (Fsp3) is 0.350. The van der Waals surface area contributed by atoms with Crippen molar-refractivity contribution in [1.82, 2.24) is 5.32 Å². The number of hydrogen-bond acceptors (Lipinski definition) is 4. The van der Waals surface area contributed by atoms with Crippen molar-refractivity contribution >= 4 is 5.91 Å². The summed E-state index contributed by atoms with van der Waals surface area (Å²) < 4.78 is 48.5. The topological polar surface area (TPSA) is 73.6 Å². The van der Waals surface area contributed by atoms with Crippen LogP contribution in [0.25, 0.3) is 0 Å². The lowest BCUT2D eigenvalue weighted by atomic mass is 9.90. The van der Waals surface area contributed by atoms with Gasteiger partial charge in [-0.05, 0) is 54.8 Å². The van der Waals surface area contributed by atoms with Crippen LogP contribution in [0.3, 0.4) is 0 Å². The summed E-state index contributed by atoms with van der Waals surface area (Å²) in [4.78, 5) is 12.3. The van der Waals surface area contributed by atoms with Gasteiger partial charge >= 0.3 is 6.18 Å². The smallest absolute Gasteiger partial charge is 0.416 e. The van der Waals surface area contributed by atoms with Gasteiger partial charge in [0.25, 0.3) is 0 Å². The second-order valence-corrected chi connectivity index (χ2v) is 6.72. The number of carbonyl (C=O) groups is 1. The fourth-order valence-electron chi connectivity index (χ4n) is 2.84. The third-order valence-electron chi connectivity index (χ3n) is 4.63. The number of nitrogens with one attached hydrogen (secondary N) is 1. The second-order valence-electron chi connectivity index (χ2n) is 6.72. The van der Waals surface area contributed by atoms with Crippen LogP contribution in [-0.4, -0.2) is 24.7 Å². The third kappa shape index (κ3) is 5.02. The molecule has 0 aromatic heterocycles. The van der Waals surface area contributed by atoms with Crippen LogP contribution in [0.2, 0.25) is 0 Å². The Balaban J connectivity index is 1.54. The highest BCUT2D eigenvalue weighted by molar-refractivity contribution is 5.86. The number of nitrogens with two attached hydrogens (primary N) is 1. The third-order valence-corrected chi connectivity index (χ3v) is 4.63. The van der Waals surface area contributed by atoms with Crippen LogP contribution in [0.15, 0.2) is 48.5 Å². The number of rotatable bonds is 5.